The maximum Gasteiger partial charge on any atom is 0.415 e. The topological polar surface area (TPSA) is 118 Å². The highest BCUT2D eigenvalue weighted by atomic mass is 19.3. The van der Waals surface area contributed by atoms with Crippen molar-refractivity contribution in [3.63, 3.8) is 0 Å². The molecule has 0 atom stereocenters. The first-order valence-electron chi connectivity index (χ1n) is 14.7. The molecule has 6 heterocycles. The van der Waals surface area contributed by atoms with Crippen molar-refractivity contribution < 1.29 is 27.8 Å². The fraction of sp³-hybridized carbons (Fsp3) is 0.500. The molecule has 0 aliphatic carbocycles. The van der Waals surface area contributed by atoms with Gasteiger partial charge in [-0.3, -0.25) is 14.4 Å². The number of nitrogens with zero attached hydrogens (tertiary/aromatic N) is 7. The number of aromatic nitrogens is 4. The summed E-state index contributed by atoms with van der Waals surface area (Å²) >= 11 is 0. The Morgan fingerprint density at radius 1 is 1.07 bits per heavy atom. The molecule has 6 rings (SSSR count). The van der Waals surface area contributed by atoms with Gasteiger partial charge in [-0.2, -0.15) is 5.10 Å². The molecule has 0 aromatic carbocycles. The predicted octanol–water partition coefficient (Wildman–Crippen LogP) is 4.07. The summed E-state index contributed by atoms with van der Waals surface area (Å²) in [6, 6.07) is 3.81. The van der Waals surface area contributed by atoms with Gasteiger partial charge >= 0.3 is 6.09 Å². The summed E-state index contributed by atoms with van der Waals surface area (Å²) in [6.07, 6.45) is 1.87. The molecular weight excluding hydrogens is 574 g/mol. The average Bonchev–Trinajstić information content (AvgIpc) is 3.27. The van der Waals surface area contributed by atoms with E-state index in [1.165, 1.54) is 4.90 Å². The van der Waals surface area contributed by atoms with E-state index in [1.54, 1.807) is 15.8 Å². The first-order valence-corrected chi connectivity index (χ1v) is 14.7. The second-order valence-electron chi connectivity index (χ2n) is 12.2. The summed E-state index contributed by atoms with van der Waals surface area (Å²) in [4.78, 5) is 39.7. The van der Waals surface area contributed by atoms with Crippen LogP contribution < -0.4 is 19.9 Å². The molecule has 12 nitrogen and oxygen atoms in total. The number of alkyl halides is 2. The van der Waals surface area contributed by atoms with E-state index in [0.29, 0.717) is 49.3 Å². The quantitative estimate of drug-likeness (QED) is 0.456. The first-order chi connectivity index (χ1) is 20.9. The molecule has 3 aliphatic heterocycles. The second kappa shape index (κ2) is 11.5. The van der Waals surface area contributed by atoms with Gasteiger partial charge in [-0.15, -0.1) is 0 Å². The van der Waals surface area contributed by atoms with Crippen molar-refractivity contribution in [3.8, 4) is 5.88 Å². The van der Waals surface area contributed by atoms with Crippen LogP contribution >= 0.6 is 0 Å². The van der Waals surface area contributed by atoms with Crippen molar-refractivity contribution >= 4 is 35.0 Å². The highest BCUT2D eigenvalue weighted by Crippen LogP contribution is 2.40. The second-order valence-corrected chi connectivity index (χ2v) is 12.2. The number of amides is 2. The van der Waals surface area contributed by atoms with Gasteiger partial charge in [0.05, 0.1) is 25.0 Å². The molecule has 3 aliphatic rings. The van der Waals surface area contributed by atoms with Crippen LogP contribution in [0, 0.1) is 6.92 Å². The summed E-state index contributed by atoms with van der Waals surface area (Å²) in [5.41, 5.74) is 4.81. The number of nitrogens with one attached hydrogen (secondary N) is 1. The summed E-state index contributed by atoms with van der Waals surface area (Å²) < 4.78 is 38.7. The molecule has 0 radical (unpaired) electrons. The summed E-state index contributed by atoms with van der Waals surface area (Å²) in [5.74, 6) is 1.18. The minimum atomic E-state index is -2.57. The molecule has 2 amide bonds. The predicted molar refractivity (Wildman–Crippen MR) is 159 cm³/mol. The largest absolute Gasteiger partial charge is 0.474 e. The lowest BCUT2D eigenvalue weighted by atomic mass is 10.0. The van der Waals surface area contributed by atoms with Gasteiger partial charge in [0.1, 0.15) is 30.3 Å². The zero-order chi connectivity index (χ0) is 31.2. The van der Waals surface area contributed by atoms with Gasteiger partial charge in [0.25, 0.3) is 6.43 Å². The maximum atomic E-state index is 13.1. The highest BCUT2D eigenvalue weighted by Gasteiger charge is 2.33. The summed E-state index contributed by atoms with van der Waals surface area (Å²) in [5, 5.41) is 7.74. The third-order valence-corrected chi connectivity index (χ3v) is 7.87. The minimum absolute atomic E-state index is 0.0825. The van der Waals surface area contributed by atoms with Crippen LogP contribution in [-0.2, 0) is 35.5 Å². The summed E-state index contributed by atoms with van der Waals surface area (Å²) in [6.45, 7) is 9.13. The fourth-order valence-corrected chi connectivity index (χ4v) is 5.81. The molecule has 0 fully saturated rings. The number of hydrogen-bond donors (Lipinski definition) is 1. The zero-order valence-electron chi connectivity index (χ0n) is 25.3. The number of ether oxygens (including phenoxy) is 2. The van der Waals surface area contributed by atoms with E-state index in [1.807, 2.05) is 46.0 Å². The summed E-state index contributed by atoms with van der Waals surface area (Å²) in [7, 11) is 0. The Balaban J connectivity index is 1.19. The number of anilines is 4. The van der Waals surface area contributed by atoms with Gasteiger partial charge in [0.15, 0.2) is 5.82 Å². The average molecular weight is 611 g/mol. The van der Waals surface area contributed by atoms with E-state index < -0.39 is 24.7 Å². The molecule has 0 bridgehead atoms. The van der Waals surface area contributed by atoms with Crippen molar-refractivity contribution in [3.05, 3.63) is 46.9 Å². The molecule has 14 heteroatoms. The van der Waals surface area contributed by atoms with E-state index in [2.05, 4.69) is 25.3 Å². The molecular formula is C30H36F2N8O4. The van der Waals surface area contributed by atoms with Gasteiger partial charge in [-0.25, -0.2) is 23.5 Å². The number of hydrogen-bond acceptors (Lipinski definition) is 9. The number of carbonyl (C=O) groups excluding carboxylic acids is 2. The van der Waals surface area contributed by atoms with Gasteiger partial charge in [-0.05, 0) is 51.3 Å². The van der Waals surface area contributed by atoms with E-state index >= 15 is 0 Å². The van der Waals surface area contributed by atoms with E-state index in [9.17, 15) is 18.4 Å². The Morgan fingerprint density at radius 2 is 1.89 bits per heavy atom. The molecule has 0 saturated heterocycles. The maximum absolute atomic E-state index is 13.1. The van der Waals surface area contributed by atoms with Crippen LogP contribution in [0.3, 0.4) is 0 Å². The molecule has 44 heavy (non-hydrogen) atoms. The van der Waals surface area contributed by atoms with Crippen LogP contribution in [0.1, 0.15) is 43.2 Å². The third kappa shape index (κ3) is 6.10. The van der Waals surface area contributed by atoms with E-state index in [4.69, 9.17) is 9.47 Å². The third-order valence-electron chi connectivity index (χ3n) is 7.87. The van der Waals surface area contributed by atoms with Crippen molar-refractivity contribution in [1.29, 1.82) is 0 Å². The number of fused-ring (bicyclic) bond motifs is 3. The van der Waals surface area contributed by atoms with Gasteiger partial charge in [-0.1, -0.05) is 0 Å². The van der Waals surface area contributed by atoms with Crippen LogP contribution in [0.5, 0.6) is 5.88 Å². The van der Waals surface area contributed by atoms with Crippen LogP contribution in [0.4, 0.5) is 36.6 Å². The Hall–Kier alpha value is -4.49. The number of pyridine rings is 2. The molecule has 0 saturated carbocycles. The number of carbonyl (C=O) groups is 2. The van der Waals surface area contributed by atoms with Crippen molar-refractivity contribution in [2.75, 3.05) is 47.9 Å². The van der Waals surface area contributed by atoms with Crippen molar-refractivity contribution in [2.45, 2.75) is 65.7 Å². The normalized spacial score (nSPS) is 16.6. The molecule has 0 unspecified atom stereocenters. The molecule has 1 N–H and O–H groups in total. The number of rotatable bonds is 5. The Bertz CT molecular complexity index is 1590. The van der Waals surface area contributed by atoms with Crippen molar-refractivity contribution in [1.82, 2.24) is 24.6 Å². The molecule has 0 spiro atoms. The van der Waals surface area contributed by atoms with Crippen LogP contribution in [0.15, 0.2) is 24.5 Å². The van der Waals surface area contributed by atoms with Crippen LogP contribution in [0.25, 0.3) is 0 Å². The van der Waals surface area contributed by atoms with E-state index in [0.717, 1.165) is 41.0 Å². The molecule has 234 valence electrons. The lowest BCUT2D eigenvalue weighted by Gasteiger charge is -2.35. The lowest BCUT2D eigenvalue weighted by molar-refractivity contribution is -0.133. The Kier molecular flexibility index (Phi) is 7.76. The first kappa shape index (κ1) is 29.6. The van der Waals surface area contributed by atoms with Gasteiger partial charge in [0, 0.05) is 49.6 Å². The van der Waals surface area contributed by atoms with E-state index in [-0.39, 0.29) is 19.0 Å². The lowest BCUT2D eigenvalue weighted by Crippen LogP contribution is -2.42. The van der Waals surface area contributed by atoms with Crippen LogP contribution in [0.2, 0.25) is 0 Å². The van der Waals surface area contributed by atoms with Crippen molar-refractivity contribution in [2.24, 2.45) is 0 Å². The minimum Gasteiger partial charge on any atom is -0.474 e. The Labute approximate surface area is 253 Å². The zero-order valence-corrected chi connectivity index (χ0v) is 25.3. The monoisotopic (exact) mass is 610 g/mol. The van der Waals surface area contributed by atoms with Gasteiger partial charge < -0.3 is 24.6 Å². The smallest absolute Gasteiger partial charge is 0.415 e. The van der Waals surface area contributed by atoms with Gasteiger partial charge in [0.2, 0.25) is 11.8 Å². The number of halogens is 2. The molecule has 3 aromatic heterocycles. The fourth-order valence-electron chi connectivity index (χ4n) is 5.81. The highest BCUT2D eigenvalue weighted by molar-refractivity contribution is 5.92. The molecule has 3 aromatic rings. The SMILES string of the molecule is Cc1c(N2CCc3cnc(Nc4cc5n(n4)CC(=O)N(CC(F)F)CC5)cc3C2)cnc2c1N(C(=O)OC(C)(C)C)CCO2. The van der Waals surface area contributed by atoms with Crippen LogP contribution in [-0.4, -0.2) is 81.5 Å². The standard InChI is InChI=1S/C30H36F2N8O4/c1-18-22(14-34-28-27(18)39(9-10-43-28)29(42)44-30(2,3)4)37-7-5-19-13-33-24(11-20(19)15-37)35-25-12-21-6-8-38(16-23(31)32)26(41)17-40(21)36-25/h11-14,23H,5-10,15-17H2,1-4H3,(H,33,35,36). The Morgan fingerprint density at radius 3 is 2.66 bits per heavy atom.